The average molecular weight is 408 g/mol. The molecule has 0 radical (unpaired) electrons. The maximum atomic E-state index is 13.4. The Balaban J connectivity index is 1.54. The fourth-order valence-electron chi connectivity index (χ4n) is 3.06. The number of hydrogen-bond donors (Lipinski definition) is 1. The van der Waals surface area contributed by atoms with Gasteiger partial charge in [0.25, 0.3) is 0 Å². The van der Waals surface area contributed by atoms with Crippen LogP contribution in [0.3, 0.4) is 0 Å². The van der Waals surface area contributed by atoms with Crippen LogP contribution in [0.15, 0.2) is 83.3 Å². The molecule has 1 N–H and O–H groups in total. The van der Waals surface area contributed by atoms with Gasteiger partial charge in [0.2, 0.25) is 11.8 Å². The minimum atomic E-state index is -0.340. The lowest BCUT2D eigenvalue weighted by Gasteiger charge is -2.16. The van der Waals surface area contributed by atoms with Crippen LogP contribution in [0, 0.1) is 5.82 Å². The van der Waals surface area contributed by atoms with Gasteiger partial charge in [-0.05, 0) is 53.9 Å². The number of nitrogens with zero attached hydrogens (tertiary/aromatic N) is 2. The van der Waals surface area contributed by atoms with Gasteiger partial charge in [-0.15, -0.1) is 10.2 Å². The van der Waals surface area contributed by atoms with Gasteiger partial charge in [0.1, 0.15) is 11.9 Å². The van der Waals surface area contributed by atoms with Crippen LogP contribution < -0.4 is 5.32 Å². The Hall–Kier alpha value is -3.02. The summed E-state index contributed by atoms with van der Waals surface area (Å²) in [7, 11) is 0. The van der Waals surface area contributed by atoms with E-state index in [2.05, 4.69) is 15.5 Å². The molecule has 0 saturated carbocycles. The Bertz CT molecular complexity index is 1050. The number of halogens is 2. The van der Waals surface area contributed by atoms with E-state index >= 15 is 0 Å². The molecule has 1 heterocycles. The lowest BCUT2D eigenvalue weighted by molar-refractivity contribution is 0.440. The first-order chi connectivity index (χ1) is 14.2. The molecule has 0 unspecified atom stereocenters. The molecule has 0 fully saturated rings. The predicted octanol–water partition coefficient (Wildman–Crippen LogP) is 5.45. The molecule has 0 spiro atoms. The lowest BCUT2D eigenvalue weighted by atomic mass is 10.1. The first kappa shape index (κ1) is 19.3. The van der Waals surface area contributed by atoms with Crippen molar-refractivity contribution in [1.82, 2.24) is 15.5 Å². The van der Waals surface area contributed by atoms with E-state index in [1.807, 2.05) is 54.6 Å². The molecule has 146 valence electrons. The molecule has 0 aliphatic rings. The SMILES string of the molecule is Fc1ccc([C@H](NCCc2ccc(Cl)cc2)c2nnc(-c3ccccc3)o2)cc1. The molecule has 1 atom stereocenters. The molecule has 3 aromatic carbocycles. The van der Waals surface area contributed by atoms with E-state index in [9.17, 15) is 4.39 Å². The van der Waals surface area contributed by atoms with Crippen molar-refractivity contribution >= 4 is 11.6 Å². The maximum absolute atomic E-state index is 13.4. The molecule has 0 aliphatic heterocycles. The summed E-state index contributed by atoms with van der Waals surface area (Å²) < 4.78 is 19.3. The van der Waals surface area contributed by atoms with Crippen LogP contribution in [-0.4, -0.2) is 16.7 Å². The minimum Gasteiger partial charge on any atom is -0.419 e. The van der Waals surface area contributed by atoms with Crippen LogP contribution >= 0.6 is 11.6 Å². The summed E-state index contributed by atoms with van der Waals surface area (Å²) in [5.41, 5.74) is 2.87. The number of benzene rings is 3. The second-order valence-corrected chi connectivity index (χ2v) is 7.06. The molecule has 4 aromatic rings. The molecule has 29 heavy (non-hydrogen) atoms. The van der Waals surface area contributed by atoms with Gasteiger partial charge in [-0.2, -0.15) is 0 Å². The maximum Gasteiger partial charge on any atom is 0.247 e. The first-order valence-corrected chi connectivity index (χ1v) is 9.69. The van der Waals surface area contributed by atoms with E-state index < -0.39 is 0 Å². The van der Waals surface area contributed by atoms with E-state index in [0.717, 1.165) is 23.1 Å². The van der Waals surface area contributed by atoms with Crippen molar-refractivity contribution in [3.05, 3.63) is 107 Å². The van der Waals surface area contributed by atoms with Gasteiger partial charge in [-0.1, -0.05) is 54.1 Å². The second-order valence-electron chi connectivity index (χ2n) is 6.63. The fraction of sp³-hybridized carbons (Fsp3) is 0.130. The summed E-state index contributed by atoms with van der Waals surface area (Å²) >= 11 is 5.95. The van der Waals surface area contributed by atoms with Gasteiger partial charge < -0.3 is 9.73 Å². The zero-order valence-corrected chi connectivity index (χ0v) is 16.3. The molecular formula is C23H19ClFN3O. The van der Waals surface area contributed by atoms with Crippen LogP contribution in [0.25, 0.3) is 11.5 Å². The van der Waals surface area contributed by atoms with Gasteiger partial charge >= 0.3 is 0 Å². The number of aromatic nitrogens is 2. The van der Waals surface area contributed by atoms with Crippen molar-refractivity contribution in [3.8, 4) is 11.5 Å². The van der Waals surface area contributed by atoms with Crippen molar-refractivity contribution in [2.75, 3.05) is 6.54 Å². The van der Waals surface area contributed by atoms with E-state index in [1.54, 1.807) is 12.1 Å². The molecule has 0 bridgehead atoms. The van der Waals surface area contributed by atoms with Crippen LogP contribution in [0.2, 0.25) is 5.02 Å². The highest BCUT2D eigenvalue weighted by molar-refractivity contribution is 6.30. The average Bonchev–Trinajstić information content (AvgIpc) is 3.24. The van der Waals surface area contributed by atoms with Crippen LogP contribution in [0.1, 0.15) is 23.1 Å². The van der Waals surface area contributed by atoms with Crippen molar-refractivity contribution in [1.29, 1.82) is 0 Å². The molecule has 0 saturated heterocycles. The Morgan fingerprint density at radius 1 is 0.897 bits per heavy atom. The third-order valence-corrected chi connectivity index (χ3v) is 4.84. The predicted molar refractivity (Wildman–Crippen MR) is 111 cm³/mol. The smallest absolute Gasteiger partial charge is 0.247 e. The highest BCUT2D eigenvalue weighted by atomic mass is 35.5. The van der Waals surface area contributed by atoms with Gasteiger partial charge in [0.15, 0.2) is 0 Å². The second kappa shape index (κ2) is 8.99. The van der Waals surface area contributed by atoms with Crippen molar-refractivity contribution in [2.45, 2.75) is 12.5 Å². The molecule has 6 heteroatoms. The molecule has 1 aromatic heterocycles. The number of nitrogens with one attached hydrogen (secondary N) is 1. The monoisotopic (exact) mass is 407 g/mol. The standard InChI is InChI=1S/C23H19ClFN3O/c24-19-10-6-16(7-11-19)14-15-26-21(17-8-12-20(25)13-9-17)23-28-27-22(29-23)18-4-2-1-3-5-18/h1-13,21,26H,14-15H2/t21-/m0/s1. The lowest BCUT2D eigenvalue weighted by Crippen LogP contribution is -2.25. The van der Waals surface area contributed by atoms with Crippen LogP contribution in [0.5, 0.6) is 0 Å². The van der Waals surface area contributed by atoms with Crippen molar-refractivity contribution in [3.63, 3.8) is 0 Å². The largest absolute Gasteiger partial charge is 0.419 e. The zero-order chi connectivity index (χ0) is 20.1. The van der Waals surface area contributed by atoms with Gasteiger partial charge in [0.05, 0.1) is 0 Å². The Labute approximate surface area is 173 Å². The molecular weight excluding hydrogens is 389 g/mol. The van der Waals surface area contributed by atoms with Crippen molar-refractivity contribution in [2.24, 2.45) is 0 Å². The molecule has 0 aliphatic carbocycles. The van der Waals surface area contributed by atoms with Gasteiger partial charge in [-0.25, -0.2) is 4.39 Å². The Morgan fingerprint density at radius 3 is 2.34 bits per heavy atom. The highest BCUT2D eigenvalue weighted by Gasteiger charge is 2.21. The third kappa shape index (κ3) is 4.88. The summed E-state index contributed by atoms with van der Waals surface area (Å²) in [6, 6.07) is 23.3. The van der Waals surface area contributed by atoms with Crippen molar-refractivity contribution < 1.29 is 8.81 Å². The quantitative estimate of drug-likeness (QED) is 0.442. The first-order valence-electron chi connectivity index (χ1n) is 9.31. The third-order valence-electron chi connectivity index (χ3n) is 4.59. The van der Waals surface area contributed by atoms with Crippen LogP contribution in [0.4, 0.5) is 4.39 Å². The molecule has 4 rings (SSSR count). The normalized spacial score (nSPS) is 12.1. The summed E-state index contributed by atoms with van der Waals surface area (Å²) in [6.45, 7) is 0.673. The summed E-state index contributed by atoms with van der Waals surface area (Å²) in [5.74, 6) is 0.600. The molecule has 4 nitrogen and oxygen atoms in total. The minimum absolute atomic E-state index is 0.288. The van der Waals surface area contributed by atoms with E-state index in [1.165, 1.54) is 12.1 Å². The Kier molecular flexibility index (Phi) is 5.98. The Morgan fingerprint density at radius 2 is 1.62 bits per heavy atom. The zero-order valence-electron chi connectivity index (χ0n) is 15.6. The van der Waals surface area contributed by atoms with Gasteiger partial charge in [0, 0.05) is 17.1 Å². The van der Waals surface area contributed by atoms with Crippen LogP contribution in [-0.2, 0) is 6.42 Å². The summed E-state index contributed by atoms with van der Waals surface area (Å²) in [6.07, 6.45) is 0.800. The fourth-order valence-corrected chi connectivity index (χ4v) is 3.19. The highest BCUT2D eigenvalue weighted by Crippen LogP contribution is 2.25. The van der Waals surface area contributed by atoms with E-state index in [4.69, 9.17) is 16.0 Å². The van der Waals surface area contributed by atoms with E-state index in [-0.39, 0.29) is 11.9 Å². The van der Waals surface area contributed by atoms with Gasteiger partial charge in [-0.3, -0.25) is 0 Å². The number of hydrogen-bond acceptors (Lipinski definition) is 4. The summed E-state index contributed by atoms with van der Waals surface area (Å²) in [4.78, 5) is 0. The van der Waals surface area contributed by atoms with E-state index in [0.29, 0.717) is 23.3 Å². The summed E-state index contributed by atoms with van der Waals surface area (Å²) in [5, 5.41) is 12.6. The topological polar surface area (TPSA) is 51.0 Å². The molecule has 0 amide bonds. The number of rotatable bonds is 7.